The summed E-state index contributed by atoms with van der Waals surface area (Å²) in [5.41, 5.74) is 0.409. The largest absolute Gasteiger partial charge is 0.492 e. The maximum atomic E-state index is 12.7. The van der Waals surface area contributed by atoms with Crippen LogP contribution in [0.3, 0.4) is 0 Å². The number of nitrogens with zero attached hydrogens (tertiary/aromatic N) is 1. The third kappa shape index (κ3) is 7.17. The Kier molecular flexibility index (Phi) is 8.98. The number of rotatable bonds is 10. The Balaban J connectivity index is 1.96. The van der Waals surface area contributed by atoms with Crippen molar-refractivity contribution in [1.29, 1.82) is 0 Å². The van der Waals surface area contributed by atoms with E-state index in [4.69, 9.17) is 21.1 Å². The lowest BCUT2D eigenvalue weighted by atomic mass is 10.2. The minimum Gasteiger partial charge on any atom is -0.492 e. The fourth-order valence-electron chi connectivity index (χ4n) is 2.85. The first kappa shape index (κ1) is 25.5. The molecule has 0 fully saturated rings. The summed E-state index contributed by atoms with van der Waals surface area (Å²) in [5.74, 6) is -0.367. The summed E-state index contributed by atoms with van der Waals surface area (Å²) in [6, 6.07) is 7.75. The Morgan fingerprint density at radius 2 is 1.78 bits per heavy atom. The number of carbonyl (C=O) groups is 1. The Labute approximate surface area is 190 Å². The molecule has 174 valence electrons. The van der Waals surface area contributed by atoms with Crippen LogP contribution in [0.15, 0.2) is 48.7 Å². The van der Waals surface area contributed by atoms with E-state index in [9.17, 15) is 18.0 Å². The molecular formula is C23H26ClF3N2O3. The molecule has 0 aromatic heterocycles. The molecule has 0 bridgehead atoms. The van der Waals surface area contributed by atoms with E-state index in [1.165, 1.54) is 0 Å². The van der Waals surface area contributed by atoms with Crippen molar-refractivity contribution in [3.8, 4) is 11.5 Å². The predicted octanol–water partition coefficient (Wildman–Crippen LogP) is 5.92. The molecule has 2 aromatic carbocycles. The number of benzene rings is 2. The van der Waals surface area contributed by atoms with E-state index in [0.717, 1.165) is 43.4 Å². The molecule has 9 heteroatoms. The van der Waals surface area contributed by atoms with Crippen molar-refractivity contribution in [2.45, 2.75) is 26.9 Å². The molecule has 0 saturated carbocycles. The van der Waals surface area contributed by atoms with Gasteiger partial charge in [-0.2, -0.15) is 13.2 Å². The smallest absolute Gasteiger partial charge is 0.416 e. The van der Waals surface area contributed by atoms with Crippen LogP contribution in [0.1, 0.15) is 25.0 Å². The lowest BCUT2D eigenvalue weighted by molar-refractivity contribution is -0.137. The number of anilines is 1. The molecule has 0 unspecified atom stereocenters. The van der Waals surface area contributed by atoms with Crippen LogP contribution >= 0.6 is 11.6 Å². The third-order valence-corrected chi connectivity index (χ3v) is 5.03. The molecular weight excluding hydrogens is 445 g/mol. The van der Waals surface area contributed by atoms with Crippen LogP contribution in [0.2, 0.25) is 5.02 Å². The number of hydrogen-bond donors (Lipinski definition) is 1. The number of ether oxygens (including phenoxy) is 2. The van der Waals surface area contributed by atoms with Crippen LogP contribution in [-0.2, 0) is 11.0 Å². The first-order valence-corrected chi connectivity index (χ1v) is 10.4. The lowest BCUT2D eigenvalue weighted by Gasteiger charge is -2.19. The quantitative estimate of drug-likeness (QED) is 0.346. The van der Waals surface area contributed by atoms with Gasteiger partial charge in [0.2, 0.25) is 0 Å². The summed E-state index contributed by atoms with van der Waals surface area (Å²) >= 11 is 5.85. The van der Waals surface area contributed by atoms with Gasteiger partial charge in [0.05, 0.1) is 10.6 Å². The average Bonchev–Trinajstić information content (AvgIpc) is 2.73. The van der Waals surface area contributed by atoms with E-state index in [1.807, 2.05) is 6.92 Å². The van der Waals surface area contributed by atoms with Gasteiger partial charge in [0.25, 0.3) is 5.91 Å². The summed E-state index contributed by atoms with van der Waals surface area (Å²) in [6.07, 6.45) is -4.53. The molecule has 0 spiro atoms. The topological polar surface area (TPSA) is 50.8 Å². The zero-order valence-electron chi connectivity index (χ0n) is 18.2. The summed E-state index contributed by atoms with van der Waals surface area (Å²) in [6.45, 7) is 12.8. The standard InChI is InChI=1S/C23H26ClF3N2O3/c1-5-29(6-2)11-12-31-20-10-8-18(13-15(20)3)28-22(30)16(4)32-21-9-7-17(14-19(21)24)23(25,26)27/h7-10,13-14H,4-6,11-12H2,1-3H3,(H,28,30). The van der Waals surface area contributed by atoms with Crippen LogP contribution < -0.4 is 14.8 Å². The minimum absolute atomic E-state index is 0.104. The highest BCUT2D eigenvalue weighted by molar-refractivity contribution is 6.32. The first-order valence-electron chi connectivity index (χ1n) is 10.1. The fraction of sp³-hybridized carbons (Fsp3) is 0.348. The van der Waals surface area contributed by atoms with Crippen molar-refractivity contribution >= 4 is 23.2 Å². The van der Waals surface area contributed by atoms with Crippen molar-refractivity contribution in [3.63, 3.8) is 0 Å². The molecule has 0 radical (unpaired) electrons. The molecule has 1 N–H and O–H groups in total. The Morgan fingerprint density at radius 1 is 1.12 bits per heavy atom. The van der Waals surface area contributed by atoms with Gasteiger partial charge < -0.3 is 19.7 Å². The van der Waals surface area contributed by atoms with Crippen molar-refractivity contribution in [2.24, 2.45) is 0 Å². The van der Waals surface area contributed by atoms with E-state index in [2.05, 4.69) is 30.6 Å². The van der Waals surface area contributed by atoms with Crippen LogP contribution in [0.5, 0.6) is 11.5 Å². The number of aryl methyl sites for hydroxylation is 1. The van der Waals surface area contributed by atoms with Gasteiger partial charge in [-0.05, 0) is 62.0 Å². The number of halogens is 4. The summed E-state index contributed by atoms with van der Waals surface area (Å²) in [7, 11) is 0. The minimum atomic E-state index is -4.53. The van der Waals surface area contributed by atoms with Crippen molar-refractivity contribution in [1.82, 2.24) is 4.90 Å². The van der Waals surface area contributed by atoms with E-state index in [-0.39, 0.29) is 16.5 Å². The number of nitrogens with one attached hydrogen (secondary N) is 1. The third-order valence-electron chi connectivity index (χ3n) is 4.74. The predicted molar refractivity (Wildman–Crippen MR) is 119 cm³/mol. The van der Waals surface area contributed by atoms with Gasteiger partial charge in [0.15, 0.2) is 5.76 Å². The SMILES string of the molecule is C=C(Oc1ccc(C(F)(F)F)cc1Cl)C(=O)Nc1ccc(OCCN(CC)CC)c(C)c1. The second-order valence-corrected chi connectivity index (χ2v) is 7.39. The molecule has 2 aromatic rings. The highest BCUT2D eigenvalue weighted by Crippen LogP contribution is 2.35. The van der Waals surface area contributed by atoms with Gasteiger partial charge in [-0.1, -0.05) is 32.0 Å². The molecule has 32 heavy (non-hydrogen) atoms. The number of alkyl halides is 3. The van der Waals surface area contributed by atoms with Gasteiger partial charge in [-0.3, -0.25) is 4.79 Å². The number of hydrogen-bond acceptors (Lipinski definition) is 4. The first-order chi connectivity index (χ1) is 15.0. The molecule has 0 heterocycles. The number of carbonyl (C=O) groups excluding carboxylic acids is 1. The van der Waals surface area contributed by atoms with Gasteiger partial charge >= 0.3 is 6.18 Å². The van der Waals surface area contributed by atoms with E-state index in [1.54, 1.807) is 18.2 Å². The van der Waals surface area contributed by atoms with Gasteiger partial charge in [0.1, 0.15) is 18.1 Å². The van der Waals surface area contributed by atoms with Gasteiger partial charge in [-0.25, -0.2) is 0 Å². The van der Waals surface area contributed by atoms with E-state index in [0.29, 0.717) is 18.0 Å². The Hall–Kier alpha value is -2.71. The molecule has 0 saturated heterocycles. The molecule has 1 amide bonds. The summed E-state index contributed by atoms with van der Waals surface area (Å²) in [4.78, 5) is 14.6. The number of likely N-dealkylation sites (N-methyl/N-ethyl adjacent to an activating group) is 1. The summed E-state index contributed by atoms with van der Waals surface area (Å²) < 4.78 is 49.3. The van der Waals surface area contributed by atoms with Crippen LogP contribution in [0, 0.1) is 6.92 Å². The normalized spacial score (nSPS) is 11.4. The Bertz CT molecular complexity index is 960. The number of amides is 1. The van der Waals surface area contributed by atoms with Gasteiger partial charge in [0, 0.05) is 12.2 Å². The maximum absolute atomic E-state index is 12.7. The second-order valence-electron chi connectivity index (χ2n) is 6.98. The molecule has 0 atom stereocenters. The average molecular weight is 471 g/mol. The highest BCUT2D eigenvalue weighted by Gasteiger charge is 2.31. The zero-order valence-corrected chi connectivity index (χ0v) is 18.9. The van der Waals surface area contributed by atoms with Crippen LogP contribution in [0.25, 0.3) is 0 Å². The molecule has 5 nitrogen and oxygen atoms in total. The molecule has 0 aliphatic carbocycles. The second kappa shape index (κ2) is 11.2. The fourth-order valence-corrected chi connectivity index (χ4v) is 3.07. The monoisotopic (exact) mass is 470 g/mol. The van der Waals surface area contributed by atoms with Crippen LogP contribution in [0.4, 0.5) is 18.9 Å². The summed E-state index contributed by atoms with van der Waals surface area (Å²) in [5, 5.41) is 2.35. The van der Waals surface area contributed by atoms with E-state index >= 15 is 0 Å². The molecule has 0 aliphatic heterocycles. The van der Waals surface area contributed by atoms with Gasteiger partial charge in [-0.15, -0.1) is 0 Å². The maximum Gasteiger partial charge on any atom is 0.416 e. The van der Waals surface area contributed by atoms with Crippen molar-refractivity contribution in [2.75, 3.05) is 31.6 Å². The van der Waals surface area contributed by atoms with Crippen molar-refractivity contribution < 1.29 is 27.4 Å². The Morgan fingerprint density at radius 3 is 2.34 bits per heavy atom. The molecule has 0 aliphatic rings. The zero-order chi connectivity index (χ0) is 23.9. The highest BCUT2D eigenvalue weighted by atomic mass is 35.5. The van der Waals surface area contributed by atoms with E-state index < -0.39 is 17.6 Å². The van der Waals surface area contributed by atoms with Crippen LogP contribution in [-0.4, -0.2) is 37.0 Å². The lowest BCUT2D eigenvalue weighted by Crippen LogP contribution is -2.28. The van der Waals surface area contributed by atoms with Crippen molar-refractivity contribution in [3.05, 3.63) is 64.9 Å². The molecule has 2 rings (SSSR count).